The van der Waals surface area contributed by atoms with Crippen LogP contribution in [0, 0.1) is 17.7 Å². The molecule has 34 heavy (non-hydrogen) atoms. The molecule has 7 nitrogen and oxygen atoms in total. The van der Waals surface area contributed by atoms with Crippen LogP contribution < -0.4 is 4.74 Å². The van der Waals surface area contributed by atoms with E-state index in [1.165, 1.54) is 17.8 Å². The first-order valence-electron chi connectivity index (χ1n) is 12.0. The second kappa shape index (κ2) is 8.36. The highest BCUT2D eigenvalue weighted by atomic mass is 19.1. The van der Waals surface area contributed by atoms with E-state index in [-0.39, 0.29) is 17.8 Å². The fourth-order valence-corrected chi connectivity index (χ4v) is 6.12. The number of nitrogens with one attached hydrogen (secondary N) is 1. The molecule has 0 radical (unpaired) electrons. The first-order chi connectivity index (χ1) is 16.5. The van der Waals surface area contributed by atoms with Gasteiger partial charge < -0.3 is 19.7 Å². The number of aliphatic hydroxyl groups is 1. The summed E-state index contributed by atoms with van der Waals surface area (Å²) in [4.78, 5) is 24.4. The number of ether oxygens (including phenoxy) is 1. The Morgan fingerprint density at radius 3 is 2.62 bits per heavy atom. The SMILES string of the molecule is COc1ccc(F)cc1-c1ccnc2[nH]c(C3CC4CN(CC(=O)N5CC(O)C5)CC4C3)cc12. The van der Waals surface area contributed by atoms with Gasteiger partial charge in [0, 0.05) is 49.0 Å². The van der Waals surface area contributed by atoms with Crippen molar-refractivity contribution in [2.24, 2.45) is 11.8 Å². The van der Waals surface area contributed by atoms with Crippen LogP contribution in [0.5, 0.6) is 5.75 Å². The first-order valence-corrected chi connectivity index (χ1v) is 12.0. The van der Waals surface area contributed by atoms with Gasteiger partial charge in [0.25, 0.3) is 0 Å². The van der Waals surface area contributed by atoms with Crippen molar-refractivity contribution in [1.82, 2.24) is 19.8 Å². The second-order valence-corrected chi connectivity index (χ2v) is 10.0. The van der Waals surface area contributed by atoms with Crippen LogP contribution in [0.15, 0.2) is 36.5 Å². The number of carbonyl (C=O) groups excluding carboxylic acids is 1. The lowest BCUT2D eigenvalue weighted by Gasteiger charge is -2.36. The summed E-state index contributed by atoms with van der Waals surface area (Å²) in [7, 11) is 1.60. The number of amides is 1. The van der Waals surface area contributed by atoms with Gasteiger partial charge in [-0.05, 0) is 66.5 Å². The normalized spacial score (nSPS) is 25.0. The maximum absolute atomic E-state index is 14.0. The van der Waals surface area contributed by atoms with Crippen molar-refractivity contribution in [3.05, 3.63) is 48.0 Å². The molecule has 2 atom stereocenters. The van der Waals surface area contributed by atoms with Gasteiger partial charge in [-0.2, -0.15) is 0 Å². The Morgan fingerprint density at radius 1 is 1.15 bits per heavy atom. The van der Waals surface area contributed by atoms with Gasteiger partial charge in [-0.1, -0.05) is 0 Å². The third-order valence-corrected chi connectivity index (χ3v) is 7.84. The summed E-state index contributed by atoms with van der Waals surface area (Å²) < 4.78 is 19.5. The lowest BCUT2D eigenvalue weighted by Crippen LogP contribution is -2.55. The molecule has 0 bridgehead atoms. The van der Waals surface area contributed by atoms with Crippen molar-refractivity contribution in [3.63, 3.8) is 0 Å². The van der Waals surface area contributed by atoms with E-state index in [1.807, 2.05) is 6.07 Å². The summed E-state index contributed by atoms with van der Waals surface area (Å²) in [5, 5.41) is 10.4. The van der Waals surface area contributed by atoms with Gasteiger partial charge >= 0.3 is 0 Å². The Hall–Kier alpha value is -2.97. The molecular weight excluding hydrogens is 435 g/mol. The smallest absolute Gasteiger partial charge is 0.236 e. The molecule has 1 aliphatic carbocycles. The number of rotatable bonds is 5. The third kappa shape index (κ3) is 3.75. The molecule has 0 spiro atoms. The quantitative estimate of drug-likeness (QED) is 0.607. The second-order valence-electron chi connectivity index (χ2n) is 10.0. The predicted molar refractivity (Wildman–Crippen MR) is 126 cm³/mol. The molecule has 6 rings (SSSR count). The molecule has 2 aliphatic heterocycles. The van der Waals surface area contributed by atoms with Crippen LogP contribution >= 0.6 is 0 Å². The predicted octanol–water partition coefficient (Wildman–Crippen LogP) is 3.01. The maximum Gasteiger partial charge on any atom is 0.236 e. The van der Waals surface area contributed by atoms with Gasteiger partial charge in [-0.25, -0.2) is 9.37 Å². The van der Waals surface area contributed by atoms with Gasteiger partial charge in [0.05, 0.1) is 19.8 Å². The molecule has 178 valence electrons. The van der Waals surface area contributed by atoms with Crippen LogP contribution in [0.25, 0.3) is 22.2 Å². The van der Waals surface area contributed by atoms with Gasteiger partial charge in [0.2, 0.25) is 5.91 Å². The molecule has 2 unspecified atom stereocenters. The number of hydrogen-bond acceptors (Lipinski definition) is 5. The van der Waals surface area contributed by atoms with Gasteiger partial charge in [-0.3, -0.25) is 9.69 Å². The van der Waals surface area contributed by atoms with Gasteiger partial charge in [0.15, 0.2) is 0 Å². The number of aliphatic hydroxyl groups excluding tert-OH is 1. The largest absolute Gasteiger partial charge is 0.496 e. The molecule has 8 heteroatoms. The number of likely N-dealkylation sites (tertiary alicyclic amines) is 2. The van der Waals surface area contributed by atoms with Crippen molar-refractivity contribution in [1.29, 1.82) is 0 Å². The van der Waals surface area contributed by atoms with E-state index in [4.69, 9.17) is 4.74 Å². The summed E-state index contributed by atoms with van der Waals surface area (Å²) in [5.41, 5.74) is 3.61. The molecule has 1 amide bonds. The number of benzene rings is 1. The van der Waals surface area contributed by atoms with E-state index in [1.54, 1.807) is 24.3 Å². The average Bonchev–Trinajstić information content (AvgIpc) is 3.49. The Morgan fingerprint density at radius 2 is 1.91 bits per heavy atom. The number of pyridine rings is 1. The van der Waals surface area contributed by atoms with E-state index in [2.05, 4.69) is 20.9 Å². The van der Waals surface area contributed by atoms with Crippen molar-refractivity contribution < 1.29 is 19.0 Å². The molecule has 2 saturated heterocycles. The first kappa shape index (κ1) is 21.6. The number of H-pyrrole nitrogens is 1. The lowest BCUT2D eigenvalue weighted by atomic mass is 9.99. The van der Waals surface area contributed by atoms with E-state index in [9.17, 15) is 14.3 Å². The van der Waals surface area contributed by atoms with E-state index in [0.717, 1.165) is 48.1 Å². The molecule has 4 heterocycles. The standard InChI is InChI=1S/C26H29FN4O3/c1-34-24-3-2-18(27)8-21(24)20-4-5-28-26-22(20)9-23(29-26)15-6-16-10-30(11-17(16)7-15)14-25(33)31-12-19(32)13-31/h2-5,8-9,15-17,19,32H,6-7,10-14H2,1H3,(H,28,29). The van der Waals surface area contributed by atoms with Crippen LogP contribution in [0.2, 0.25) is 0 Å². The molecule has 2 N–H and O–H groups in total. The minimum Gasteiger partial charge on any atom is -0.496 e. The molecule has 3 aromatic rings. The number of nitrogens with zero attached hydrogens (tertiary/aromatic N) is 3. The van der Waals surface area contributed by atoms with Crippen LogP contribution in [-0.4, -0.2) is 76.7 Å². The van der Waals surface area contributed by atoms with E-state index >= 15 is 0 Å². The third-order valence-electron chi connectivity index (χ3n) is 7.84. The van der Waals surface area contributed by atoms with Crippen LogP contribution in [-0.2, 0) is 4.79 Å². The number of fused-ring (bicyclic) bond motifs is 2. The summed E-state index contributed by atoms with van der Waals surface area (Å²) >= 11 is 0. The highest BCUT2D eigenvalue weighted by molar-refractivity contribution is 5.95. The Bertz CT molecular complexity index is 1220. The van der Waals surface area contributed by atoms with Crippen LogP contribution in [0.4, 0.5) is 4.39 Å². The Labute approximate surface area is 197 Å². The molecular formula is C26H29FN4O3. The van der Waals surface area contributed by atoms with Gasteiger partial charge in [0.1, 0.15) is 17.2 Å². The topological polar surface area (TPSA) is 81.7 Å². The molecule has 2 aromatic heterocycles. The highest BCUT2D eigenvalue weighted by Gasteiger charge is 2.42. The Balaban J connectivity index is 1.18. The molecule has 3 aliphatic rings. The number of hydrogen-bond donors (Lipinski definition) is 2. The van der Waals surface area contributed by atoms with Gasteiger partial charge in [-0.15, -0.1) is 0 Å². The van der Waals surface area contributed by atoms with Crippen molar-refractivity contribution in [3.8, 4) is 16.9 Å². The minimum absolute atomic E-state index is 0.129. The van der Waals surface area contributed by atoms with E-state index in [0.29, 0.717) is 43.1 Å². The fourth-order valence-electron chi connectivity index (χ4n) is 6.12. The summed E-state index contributed by atoms with van der Waals surface area (Å²) in [6, 6.07) is 8.65. The number of β-amino-alcohol motifs (C(OH)–C–C–N with tert-alkyl or cyclic N) is 1. The summed E-state index contributed by atoms with van der Waals surface area (Å²) in [6.45, 7) is 3.31. The molecule has 1 saturated carbocycles. The monoisotopic (exact) mass is 464 g/mol. The fraction of sp³-hybridized carbons (Fsp3) is 0.462. The Kier molecular flexibility index (Phi) is 5.30. The molecule has 3 fully saturated rings. The highest BCUT2D eigenvalue weighted by Crippen LogP contribution is 2.47. The van der Waals surface area contributed by atoms with Crippen LogP contribution in [0.1, 0.15) is 24.5 Å². The lowest BCUT2D eigenvalue weighted by molar-refractivity contribution is -0.142. The summed E-state index contributed by atoms with van der Waals surface area (Å²) in [5.74, 6) is 2.06. The maximum atomic E-state index is 14.0. The van der Waals surface area contributed by atoms with Crippen molar-refractivity contribution >= 4 is 16.9 Å². The number of halogens is 1. The van der Waals surface area contributed by atoms with Crippen LogP contribution in [0.3, 0.4) is 0 Å². The zero-order chi connectivity index (χ0) is 23.4. The number of aromatic amines is 1. The van der Waals surface area contributed by atoms with Crippen molar-refractivity contribution in [2.45, 2.75) is 24.9 Å². The van der Waals surface area contributed by atoms with Crippen molar-refractivity contribution in [2.75, 3.05) is 39.8 Å². The minimum atomic E-state index is -0.351. The zero-order valence-corrected chi connectivity index (χ0v) is 19.2. The van der Waals surface area contributed by atoms with E-state index < -0.39 is 0 Å². The number of aromatic nitrogens is 2. The summed E-state index contributed by atoms with van der Waals surface area (Å²) in [6.07, 6.45) is 3.57. The zero-order valence-electron chi connectivity index (χ0n) is 19.2. The average molecular weight is 465 g/mol. The number of carbonyl (C=O) groups is 1. The number of methoxy groups -OCH3 is 1. The molecule has 1 aromatic carbocycles.